The van der Waals surface area contributed by atoms with E-state index in [1.54, 1.807) is 19.1 Å². The monoisotopic (exact) mass is 276 g/mol. The van der Waals surface area contributed by atoms with Gasteiger partial charge in [-0.1, -0.05) is 29.8 Å². The van der Waals surface area contributed by atoms with E-state index in [0.717, 1.165) is 5.56 Å². The van der Waals surface area contributed by atoms with Gasteiger partial charge in [-0.05, 0) is 13.8 Å². The highest BCUT2D eigenvalue weighted by molar-refractivity contribution is 6.13. The number of esters is 1. The molecule has 106 valence electrons. The lowest BCUT2D eigenvalue weighted by Gasteiger charge is -2.25. The van der Waals surface area contributed by atoms with Crippen LogP contribution in [0.4, 0.5) is 0 Å². The van der Waals surface area contributed by atoms with Crippen LogP contribution in [0.15, 0.2) is 29.4 Å². The molecule has 0 fully saturated rings. The molecule has 1 heterocycles. The fourth-order valence-corrected chi connectivity index (χ4v) is 1.98. The summed E-state index contributed by atoms with van der Waals surface area (Å²) in [4.78, 5) is 23.4. The molecule has 1 aromatic carbocycles. The van der Waals surface area contributed by atoms with Crippen LogP contribution in [-0.4, -0.2) is 35.4 Å². The van der Waals surface area contributed by atoms with E-state index in [-0.39, 0.29) is 12.3 Å². The van der Waals surface area contributed by atoms with Crippen LogP contribution in [-0.2, 0) is 14.3 Å². The lowest BCUT2D eigenvalue weighted by molar-refractivity contribution is -0.155. The van der Waals surface area contributed by atoms with Crippen molar-refractivity contribution in [1.82, 2.24) is 5.43 Å². The number of hydrogen-bond donors (Lipinski definition) is 2. The van der Waals surface area contributed by atoms with E-state index in [2.05, 4.69) is 10.5 Å². The number of nitrogens with one attached hydrogen (secondary N) is 1. The molecular formula is C14H16N2O4. The van der Waals surface area contributed by atoms with Crippen molar-refractivity contribution in [2.45, 2.75) is 20.0 Å². The van der Waals surface area contributed by atoms with Gasteiger partial charge in [-0.2, -0.15) is 5.10 Å². The summed E-state index contributed by atoms with van der Waals surface area (Å²) < 4.78 is 4.81. The Morgan fingerprint density at radius 1 is 1.40 bits per heavy atom. The third kappa shape index (κ3) is 2.70. The maximum absolute atomic E-state index is 11.8. The number of rotatable bonds is 3. The summed E-state index contributed by atoms with van der Waals surface area (Å²) in [6.45, 7) is 3.72. The summed E-state index contributed by atoms with van der Waals surface area (Å²) >= 11 is 0. The van der Waals surface area contributed by atoms with Gasteiger partial charge in [0.15, 0.2) is 5.92 Å². The Morgan fingerprint density at radius 2 is 2.05 bits per heavy atom. The zero-order valence-electron chi connectivity index (χ0n) is 11.3. The van der Waals surface area contributed by atoms with Crippen molar-refractivity contribution in [1.29, 1.82) is 0 Å². The van der Waals surface area contributed by atoms with E-state index >= 15 is 0 Å². The van der Waals surface area contributed by atoms with E-state index in [1.807, 2.05) is 19.1 Å². The van der Waals surface area contributed by atoms with Crippen LogP contribution in [0.5, 0.6) is 0 Å². The summed E-state index contributed by atoms with van der Waals surface area (Å²) in [5, 5.41) is 14.1. The number of aliphatic hydroxyl groups excluding tert-OH is 1. The third-order valence-electron chi connectivity index (χ3n) is 3.05. The van der Waals surface area contributed by atoms with Gasteiger partial charge in [0, 0.05) is 5.56 Å². The van der Waals surface area contributed by atoms with Crippen LogP contribution < -0.4 is 5.43 Å². The van der Waals surface area contributed by atoms with Gasteiger partial charge >= 0.3 is 5.97 Å². The first-order valence-electron chi connectivity index (χ1n) is 6.33. The second-order valence-electron chi connectivity index (χ2n) is 4.51. The van der Waals surface area contributed by atoms with Gasteiger partial charge in [0.25, 0.3) is 5.91 Å². The lowest BCUT2D eigenvalue weighted by Crippen LogP contribution is -2.50. The molecule has 20 heavy (non-hydrogen) atoms. The molecule has 0 spiro atoms. The molecule has 2 rings (SSSR count). The maximum Gasteiger partial charge on any atom is 0.321 e. The Labute approximate surface area is 116 Å². The van der Waals surface area contributed by atoms with Crippen molar-refractivity contribution in [3.63, 3.8) is 0 Å². The zero-order chi connectivity index (χ0) is 14.7. The first-order valence-corrected chi connectivity index (χ1v) is 6.33. The lowest BCUT2D eigenvalue weighted by atomic mass is 9.92. The Bertz CT molecular complexity index is 551. The Hall–Kier alpha value is -2.21. The second kappa shape index (κ2) is 5.83. The second-order valence-corrected chi connectivity index (χ2v) is 4.51. The topological polar surface area (TPSA) is 88.0 Å². The van der Waals surface area contributed by atoms with Crippen molar-refractivity contribution < 1.29 is 19.4 Å². The number of amides is 1. The highest BCUT2D eigenvalue weighted by atomic mass is 16.5. The minimum atomic E-state index is -1.31. The highest BCUT2D eigenvalue weighted by Gasteiger charge is 2.41. The number of ether oxygens (including phenoxy) is 1. The molecule has 0 saturated carbocycles. The Kier molecular flexibility index (Phi) is 4.14. The molecule has 6 nitrogen and oxygen atoms in total. The molecule has 0 bridgehead atoms. The van der Waals surface area contributed by atoms with Crippen LogP contribution in [0.25, 0.3) is 0 Å². The molecule has 2 N–H and O–H groups in total. The normalized spacial score (nSPS) is 21.9. The van der Waals surface area contributed by atoms with Crippen molar-refractivity contribution >= 4 is 17.6 Å². The number of carbonyl (C=O) groups is 2. The van der Waals surface area contributed by atoms with Gasteiger partial charge in [0.1, 0.15) is 6.10 Å². The molecule has 0 saturated heterocycles. The van der Waals surface area contributed by atoms with E-state index < -0.39 is 23.9 Å². The molecule has 0 radical (unpaired) electrons. The van der Waals surface area contributed by atoms with Gasteiger partial charge < -0.3 is 9.84 Å². The van der Waals surface area contributed by atoms with Crippen molar-refractivity contribution in [2.75, 3.05) is 6.61 Å². The van der Waals surface area contributed by atoms with Crippen LogP contribution in [0.2, 0.25) is 0 Å². The Balaban J connectivity index is 2.29. The minimum absolute atomic E-state index is 0.145. The standard InChI is InChI=1S/C14H16N2O4/c1-3-20-14(19)10-12(17)11(15-16-13(10)18)9-6-4-8(2)5-7-9/h4-7,10,12,17H,3H2,1-2H3,(H,16,18). The third-order valence-corrected chi connectivity index (χ3v) is 3.05. The van der Waals surface area contributed by atoms with Crippen molar-refractivity contribution in [3.05, 3.63) is 35.4 Å². The van der Waals surface area contributed by atoms with Crippen molar-refractivity contribution in [2.24, 2.45) is 11.0 Å². The summed E-state index contributed by atoms with van der Waals surface area (Å²) in [6.07, 6.45) is -1.31. The summed E-state index contributed by atoms with van der Waals surface area (Å²) in [6, 6.07) is 7.27. The predicted molar refractivity (Wildman–Crippen MR) is 72.0 cm³/mol. The molecule has 2 unspecified atom stereocenters. The number of carbonyl (C=O) groups excluding carboxylic acids is 2. The smallest absolute Gasteiger partial charge is 0.321 e. The number of nitrogens with zero attached hydrogens (tertiary/aromatic N) is 1. The maximum atomic E-state index is 11.8. The fourth-order valence-electron chi connectivity index (χ4n) is 1.98. The van der Waals surface area contributed by atoms with E-state index in [1.165, 1.54) is 0 Å². The van der Waals surface area contributed by atoms with Crippen LogP contribution in [0.3, 0.4) is 0 Å². The molecule has 0 aromatic heterocycles. The fraction of sp³-hybridized carbons (Fsp3) is 0.357. The highest BCUT2D eigenvalue weighted by Crippen LogP contribution is 2.18. The summed E-state index contributed by atoms with van der Waals surface area (Å²) in [5.41, 5.74) is 4.22. The summed E-state index contributed by atoms with van der Waals surface area (Å²) in [7, 11) is 0. The van der Waals surface area contributed by atoms with E-state index in [0.29, 0.717) is 5.56 Å². The Morgan fingerprint density at radius 3 is 2.65 bits per heavy atom. The van der Waals surface area contributed by atoms with Crippen molar-refractivity contribution in [3.8, 4) is 0 Å². The van der Waals surface area contributed by atoms with Gasteiger partial charge in [-0.15, -0.1) is 0 Å². The number of hydrazone groups is 1. The first-order chi connectivity index (χ1) is 9.54. The molecule has 1 amide bonds. The molecule has 1 aromatic rings. The summed E-state index contributed by atoms with van der Waals surface area (Å²) in [5.74, 6) is -2.70. The minimum Gasteiger partial charge on any atom is -0.465 e. The van der Waals surface area contributed by atoms with Gasteiger partial charge in [-0.3, -0.25) is 9.59 Å². The average molecular weight is 276 g/mol. The van der Waals surface area contributed by atoms with Crippen LogP contribution in [0, 0.1) is 12.8 Å². The van der Waals surface area contributed by atoms with Crippen LogP contribution in [0.1, 0.15) is 18.1 Å². The molecule has 1 aliphatic heterocycles. The molecule has 0 aliphatic carbocycles. The number of aliphatic hydroxyl groups is 1. The van der Waals surface area contributed by atoms with Crippen LogP contribution >= 0.6 is 0 Å². The average Bonchev–Trinajstić information content (AvgIpc) is 2.41. The number of aryl methyl sites for hydroxylation is 1. The van der Waals surface area contributed by atoms with Gasteiger partial charge in [-0.25, -0.2) is 5.43 Å². The van der Waals surface area contributed by atoms with E-state index in [4.69, 9.17) is 4.74 Å². The number of hydrogen-bond acceptors (Lipinski definition) is 5. The zero-order valence-corrected chi connectivity index (χ0v) is 11.3. The molecular weight excluding hydrogens is 260 g/mol. The first kappa shape index (κ1) is 14.2. The van der Waals surface area contributed by atoms with Gasteiger partial charge in [0.05, 0.1) is 12.3 Å². The molecule has 6 heteroatoms. The largest absolute Gasteiger partial charge is 0.465 e. The van der Waals surface area contributed by atoms with Gasteiger partial charge in [0.2, 0.25) is 0 Å². The molecule has 2 atom stereocenters. The number of benzene rings is 1. The molecule has 1 aliphatic rings. The predicted octanol–water partition coefficient (Wildman–Crippen LogP) is 0.369. The quantitative estimate of drug-likeness (QED) is 0.616. The SMILES string of the molecule is CCOC(=O)C1C(=O)NN=C(c2ccc(C)cc2)C1O. The van der Waals surface area contributed by atoms with E-state index in [9.17, 15) is 14.7 Å².